The van der Waals surface area contributed by atoms with Crippen LogP contribution in [0.15, 0.2) is 42.5 Å². The van der Waals surface area contributed by atoms with Crippen LogP contribution in [0, 0.1) is 6.92 Å². The fourth-order valence-corrected chi connectivity index (χ4v) is 3.84. The van der Waals surface area contributed by atoms with E-state index in [1.165, 1.54) is 40.8 Å². The molecule has 4 rings (SSSR count). The molecule has 2 heterocycles. The van der Waals surface area contributed by atoms with E-state index in [0.717, 1.165) is 13.1 Å². The molecule has 2 aromatic rings. The molecule has 0 aromatic heterocycles. The highest BCUT2D eigenvalue weighted by Gasteiger charge is 2.34. The Hall–Kier alpha value is -1.80. The molecular formula is C19H22N2. The number of hydrogen-bond donors (Lipinski definition) is 2. The van der Waals surface area contributed by atoms with Gasteiger partial charge in [0.25, 0.3) is 0 Å². The van der Waals surface area contributed by atoms with Crippen LogP contribution in [0.4, 0.5) is 5.69 Å². The van der Waals surface area contributed by atoms with Gasteiger partial charge in [-0.1, -0.05) is 42.0 Å². The summed E-state index contributed by atoms with van der Waals surface area (Å²) in [4.78, 5) is 0. The molecule has 108 valence electrons. The van der Waals surface area contributed by atoms with E-state index in [2.05, 4.69) is 60.0 Å². The molecule has 0 amide bonds. The van der Waals surface area contributed by atoms with Gasteiger partial charge in [0.05, 0.1) is 0 Å². The van der Waals surface area contributed by atoms with Gasteiger partial charge in [0.15, 0.2) is 0 Å². The SMILES string of the molecule is Cc1ccc(-c2cccc3c2[C@@H]2CCNCC[C@@H]2N3)cc1. The van der Waals surface area contributed by atoms with Gasteiger partial charge in [-0.3, -0.25) is 0 Å². The minimum atomic E-state index is 0.599. The summed E-state index contributed by atoms with van der Waals surface area (Å²) in [5.41, 5.74) is 6.97. The van der Waals surface area contributed by atoms with E-state index in [1.54, 1.807) is 0 Å². The van der Waals surface area contributed by atoms with Crippen LogP contribution in [-0.2, 0) is 0 Å². The zero-order valence-corrected chi connectivity index (χ0v) is 12.5. The Morgan fingerprint density at radius 1 is 0.952 bits per heavy atom. The minimum Gasteiger partial charge on any atom is -0.381 e. The van der Waals surface area contributed by atoms with Gasteiger partial charge in [-0.2, -0.15) is 0 Å². The van der Waals surface area contributed by atoms with Crippen LogP contribution in [0.25, 0.3) is 11.1 Å². The lowest BCUT2D eigenvalue weighted by Gasteiger charge is -2.18. The van der Waals surface area contributed by atoms with Gasteiger partial charge in [0.1, 0.15) is 0 Å². The van der Waals surface area contributed by atoms with Crippen LogP contribution in [0.5, 0.6) is 0 Å². The predicted molar refractivity (Wildman–Crippen MR) is 88.9 cm³/mol. The highest BCUT2D eigenvalue weighted by molar-refractivity contribution is 5.77. The molecular weight excluding hydrogens is 256 g/mol. The fraction of sp³-hybridized carbons (Fsp3) is 0.368. The molecule has 1 saturated heterocycles. The van der Waals surface area contributed by atoms with Crippen molar-refractivity contribution in [2.24, 2.45) is 0 Å². The van der Waals surface area contributed by atoms with Crippen LogP contribution in [-0.4, -0.2) is 19.1 Å². The number of aryl methyl sites for hydroxylation is 1. The Morgan fingerprint density at radius 2 is 1.76 bits per heavy atom. The maximum Gasteiger partial charge on any atom is 0.0384 e. The largest absolute Gasteiger partial charge is 0.381 e. The molecule has 2 N–H and O–H groups in total. The lowest BCUT2D eigenvalue weighted by atomic mass is 9.86. The van der Waals surface area contributed by atoms with Crippen molar-refractivity contribution in [1.29, 1.82) is 0 Å². The Labute approximate surface area is 126 Å². The number of fused-ring (bicyclic) bond motifs is 3. The van der Waals surface area contributed by atoms with E-state index in [0.29, 0.717) is 12.0 Å². The highest BCUT2D eigenvalue weighted by Crippen LogP contribution is 2.45. The molecule has 2 atom stereocenters. The summed E-state index contributed by atoms with van der Waals surface area (Å²) in [6.07, 6.45) is 2.44. The first kappa shape index (κ1) is 12.9. The molecule has 2 heteroatoms. The second-order valence-corrected chi connectivity index (χ2v) is 6.32. The van der Waals surface area contributed by atoms with Crippen molar-refractivity contribution in [2.45, 2.75) is 31.7 Å². The molecule has 0 saturated carbocycles. The Bertz CT molecular complexity index is 645. The molecule has 0 aliphatic carbocycles. The zero-order chi connectivity index (χ0) is 14.2. The van der Waals surface area contributed by atoms with Gasteiger partial charge in [0, 0.05) is 17.6 Å². The summed E-state index contributed by atoms with van der Waals surface area (Å²) in [6.45, 7) is 4.40. The molecule has 2 aliphatic heterocycles. The van der Waals surface area contributed by atoms with Gasteiger partial charge in [0.2, 0.25) is 0 Å². The van der Waals surface area contributed by atoms with Crippen LogP contribution < -0.4 is 10.6 Å². The fourth-order valence-electron chi connectivity index (χ4n) is 3.84. The molecule has 2 aliphatic rings. The first-order valence-electron chi connectivity index (χ1n) is 8.00. The van der Waals surface area contributed by atoms with E-state index in [9.17, 15) is 0 Å². The van der Waals surface area contributed by atoms with E-state index in [4.69, 9.17) is 0 Å². The summed E-state index contributed by atoms with van der Waals surface area (Å²) in [5, 5.41) is 7.29. The van der Waals surface area contributed by atoms with Crippen molar-refractivity contribution in [3.63, 3.8) is 0 Å². The van der Waals surface area contributed by atoms with Crippen molar-refractivity contribution in [3.8, 4) is 11.1 Å². The van der Waals surface area contributed by atoms with Crippen LogP contribution in [0.3, 0.4) is 0 Å². The number of benzene rings is 2. The van der Waals surface area contributed by atoms with E-state index in [1.807, 2.05) is 0 Å². The maximum atomic E-state index is 3.76. The highest BCUT2D eigenvalue weighted by atomic mass is 15.0. The second kappa shape index (κ2) is 5.19. The Kier molecular flexibility index (Phi) is 3.19. The topological polar surface area (TPSA) is 24.1 Å². The molecule has 0 bridgehead atoms. The third-order valence-electron chi connectivity index (χ3n) is 4.93. The van der Waals surface area contributed by atoms with Gasteiger partial charge in [-0.15, -0.1) is 0 Å². The van der Waals surface area contributed by atoms with Crippen LogP contribution >= 0.6 is 0 Å². The van der Waals surface area contributed by atoms with E-state index < -0.39 is 0 Å². The third kappa shape index (κ3) is 2.24. The molecule has 1 fully saturated rings. The summed E-state index contributed by atoms with van der Waals surface area (Å²) < 4.78 is 0. The average Bonchev–Trinajstić information content (AvgIpc) is 2.70. The standard InChI is InChI=1S/C19H22N2/c1-13-5-7-14(8-6-13)15-3-2-4-18-19(15)16-9-11-20-12-10-17(16)21-18/h2-8,16-17,20-21H,9-12H2,1H3/t16-,17+/m1/s1. The Balaban J connectivity index is 1.81. The maximum absolute atomic E-state index is 3.76. The number of hydrogen-bond acceptors (Lipinski definition) is 2. The van der Waals surface area contributed by atoms with Gasteiger partial charge in [-0.05, 0) is 55.6 Å². The lowest BCUT2D eigenvalue weighted by molar-refractivity contribution is 0.579. The molecule has 2 aromatic carbocycles. The minimum absolute atomic E-state index is 0.599. The van der Waals surface area contributed by atoms with Crippen molar-refractivity contribution >= 4 is 5.69 Å². The average molecular weight is 278 g/mol. The summed E-state index contributed by atoms with van der Waals surface area (Å²) >= 11 is 0. The Morgan fingerprint density at radius 3 is 2.62 bits per heavy atom. The molecule has 0 radical (unpaired) electrons. The first-order valence-corrected chi connectivity index (χ1v) is 8.00. The van der Waals surface area contributed by atoms with Crippen molar-refractivity contribution in [1.82, 2.24) is 5.32 Å². The zero-order valence-electron chi connectivity index (χ0n) is 12.5. The smallest absolute Gasteiger partial charge is 0.0384 e. The lowest BCUT2D eigenvalue weighted by Crippen LogP contribution is -2.21. The molecule has 0 spiro atoms. The summed E-state index contributed by atoms with van der Waals surface area (Å²) in [5.74, 6) is 0.646. The first-order chi connectivity index (χ1) is 10.3. The van der Waals surface area contributed by atoms with Crippen molar-refractivity contribution in [2.75, 3.05) is 18.4 Å². The normalized spacial score (nSPS) is 23.9. The molecule has 21 heavy (non-hydrogen) atoms. The van der Waals surface area contributed by atoms with Crippen molar-refractivity contribution in [3.05, 3.63) is 53.6 Å². The number of nitrogens with one attached hydrogen (secondary N) is 2. The molecule has 2 nitrogen and oxygen atoms in total. The number of rotatable bonds is 1. The van der Waals surface area contributed by atoms with Crippen molar-refractivity contribution < 1.29 is 0 Å². The second-order valence-electron chi connectivity index (χ2n) is 6.32. The monoisotopic (exact) mass is 278 g/mol. The molecule has 0 unspecified atom stereocenters. The van der Waals surface area contributed by atoms with Crippen LogP contribution in [0.1, 0.15) is 29.9 Å². The number of anilines is 1. The van der Waals surface area contributed by atoms with E-state index >= 15 is 0 Å². The third-order valence-corrected chi connectivity index (χ3v) is 4.93. The summed E-state index contributed by atoms with van der Waals surface area (Å²) in [7, 11) is 0. The predicted octanol–water partition coefficient (Wildman–Crippen LogP) is 3.92. The van der Waals surface area contributed by atoms with E-state index in [-0.39, 0.29) is 0 Å². The summed E-state index contributed by atoms with van der Waals surface area (Å²) in [6, 6.07) is 16.2. The van der Waals surface area contributed by atoms with Crippen LogP contribution in [0.2, 0.25) is 0 Å². The van der Waals surface area contributed by atoms with Gasteiger partial charge < -0.3 is 10.6 Å². The van der Waals surface area contributed by atoms with Gasteiger partial charge >= 0.3 is 0 Å². The van der Waals surface area contributed by atoms with Gasteiger partial charge in [-0.25, -0.2) is 0 Å². The quantitative estimate of drug-likeness (QED) is 0.826.